The van der Waals surface area contributed by atoms with E-state index in [1.54, 1.807) is 0 Å². The molecule has 0 unspecified atom stereocenters. The van der Waals surface area contributed by atoms with E-state index in [1.165, 1.54) is 0 Å². The minimum Gasteiger partial charge on any atom is -0.423 e. The summed E-state index contributed by atoms with van der Waals surface area (Å²) in [4.78, 5) is 25.7. The lowest BCUT2D eigenvalue weighted by Crippen LogP contribution is -2.27. The van der Waals surface area contributed by atoms with E-state index in [-0.39, 0.29) is 0 Å². The predicted molar refractivity (Wildman–Crippen MR) is 25.0 cm³/mol. The fraction of sp³-hybridized carbons (Fsp3) is 0.500. The Bertz CT molecular complexity index is 199. The summed E-state index contributed by atoms with van der Waals surface area (Å²) < 4.78 is 37.3. The van der Waals surface area contributed by atoms with E-state index in [2.05, 4.69) is 14.5 Å². The molecule has 0 aliphatic heterocycles. The van der Waals surface area contributed by atoms with Crippen LogP contribution < -0.4 is 5.11 Å². The number of ether oxygens (including phenoxy) is 1. The SMILES string of the molecule is O=C([O-])OOC(=O)OCC(F)(F)F. The molecular weight excluding hydrogens is 201 g/mol. The van der Waals surface area contributed by atoms with Crippen molar-refractivity contribution in [3.8, 4) is 0 Å². The highest BCUT2D eigenvalue weighted by Crippen LogP contribution is 2.14. The molecule has 0 amide bonds. The Labute approximate surface area is 68.7 Å². The fourth-order valence-corrected chi connectivity index (χ4v) is 0.233. The molecule has 0 bridgehead atoms. The lowest BCUT2D eigenvalue weighted by Gasteiger charge is -2.08. The molecule has 0 atom stereocenters. The Hall–Kier alpha value is -1.67. The lowest BCUT2D eigenvalue weighted by molar-refractivity contribution is -0.344. The molecule has 0 aromatic heterocycles. The van der Waals surface area contributed by atoms with E-state index in [0.29, 0.717) is 0 Å². The van der Waals surface area contributed by atoms with Gasteiger partial charge in [-0.3, -0.25) is 4.89 Å². The molecule has 0 N–H and O–H groups in total. The molecule has 9 heteroatoms. The van der Waals surface area contributed by atoms with Gasteiger partial charge in [-0.05, 0) is 0 Å². The van der Waals surface area contributed by atoms with Crippen molar-refractivity contribution in [2.45, 2.75) is 6.18 Å². The average molecular weight is 203 g/mol. The Balaban J connectivity index is 3.58. The van der Waals surface area contributed by atoms with Gasteiger partial charge in [0.25, 0.3) is 6.16 Å². The van der Waals surface area contributed by atoms with Gasteiger partial charge in [0.2, 0.25) is 0 Å². The third kappa shape index (κ3) is 8.23. The minimum absolute atomic E-state index is 1.90. The third-order valence-electron chi connectivity index (χ3n) is 0.531. The van der Waals surface area contributed by atoms with Crippen molar-refractivity contribution in [2.75, 3.05) is 6.61 Å². The summed E-state index contributed by atoms with van der Waals surface area (Å²) >= 11 is 0. The molecule has 0 aromatic rings. The number of carbonyl (C=O) groups is 2. The van der Waals surface area contributed by atoms with Gasteiger partial charge in [0.15, 0.2) is 6.61 Å². The summed E-state index contributed by atoms with van der Waals surface area (Å²) in [5.74, 6) is 0. The molecule has 0 radical (unpaired) electrons. The Morgan fingerprint density at radius 2 is 1.77 bits per heavy atom. The number of hydrogen-bond donors (Lipinski definition) is 0. The summed E-state index contributed by atoms with van der Waals surface area (Å²) in [6, 6.07) is 0. The molecule has 13 heavy (non-hydrogen) atoms. The van der Waals surface area contributed by atoms with Crippen molar-refractivity contribution in [3.05, 3.63) is 0 Å². The highest BCUT2D eigenvalue weighted by molar-refractivity contribution is 5.61. The van der Waals surface area contributed by atoms with Crippen molar-refractivity contribution in [3.63, 3.8) is 0 Å². The normalized spacial score (nSPS) is 10.4. The van der Waals surface area contributed by atoms with E-state index in [0.717, 1.165) is 0 Å². The van der Waals surface area contributed by atoms with Crippen LogP contribution in [0.25, 0.3) is 0 Å². The van der Waals surface area contributed by atoms with Gasteiger partial charge < -0.3 is 19.5 Å². The van der Waals surface area contributed by atoms with Crippen LogP contribution in [0.1, 0.15) is 0 Å². The van der Waals surface area contributed by atoms with Crippen LogP contribution in [0.2, 0.25) is 0 Å². The summed E-state index contributed by atoms with van der Waals surface area (Å²) in [5, 5.41) is 9.42. The molecule has 0 spiro atoms. The van der Waals surface area contributed by atoms with E-state index >= 15 is 0 Å². The first-order chi connectivity index (χ1) is 5.81. The maximum atomic E-state index is 11.3. The van der Waals surface area contributed by atoms with Crippen molar-refractivity contribution in [1.82, 2.24) is 0 Å². The summed E-state index contributed by atoms with van der Waals surface area (Å²) in [6.07, 6.45) is -8.88. The Morgan fingerprint density at radius 1 is 1.23 bits per heavy atom. The van der Waals surface area contributed by atoms with Gasteiger partial charge >= 0.3 is 12.3 Å². The average Bonchev–Trinajstić information content (AvgIpc) is 1.95. The summed E-state index contributed by atoms with van der Waals surface area (Å²) in [7, 11) is 0. The zero-order chi connectivity index (χ0) is 10.5. The second-order valence-corrected chi connectivity index (χ2v) is 1.57. The molecule has 0 rings (SSSR count). The highest BCUT2D eigenvalue weighted by atomic mass is 19.4. The quantitative estimate of drug-likeness (QED) is 0.338. The molecule has 0 aliphatic rings. The standard InChI is InChI=1S/C4H3F3O6/c5-4(6,7)1-11-3(10)13-12-2(8)9/h1H2,(H,8,9)/p-1. The van der Waals surface area contributed by atoms with Gasteiger partial charge in [0.1, 0.15) is 0 Å². The van der Waals surface area contributed by atoms with E-state index in [4.69, 9.17) is 0 Å². The van der Waals surface area contributed by atoms with E-state index < -0.39 is 25.1 Å². The Morgan fingerprint density at radius 3 is 2.15 bits per heavy atom. The van der Waals surface area contributed by atoms with Crippen LogP contribution in [0.4, 0.5) is 22.8 Å². The fourth-order valence-electron chi connectivity index (χ4n) is 0.233. The summed E-state index contributed by atoms with van der Waals surface area (Å²) in [6.45, 7) is -1.90. The number of carbonyl (C=O) groups excluding carboxylic acids is 2. The highest BCUT2D eigenvalue weighted by Gasteiger charge is 2.30. The molecular formula is C4H2F3O6-. The molecule has 0 saturated carbocycles. The number of halogens is 3. The molecule has 0 fully saturated rings. The van der Waals surface area contributed by atoms with Crippen molar-refractivity contribution < 1.29 is 42.4 Å². The number of rotatable bonds is 1. The first kappa shape index (κ1) is 11.3. The van der Waals surface area contributed by atoms with Crippen LogP contribution in [0, 0.1) is 0 Å². The third-order valence-corrected chi connectivity index (χ3v) is 0.531. The minimum atomic E-state index is -4.72. The second-order valence-electron chi connectivity index (χ2n) is 1.57. The van der Waals surface area contributed by atoms with Gasteiger partial charge in [-0.2, -0.15) is 13.2 Å². The van der Waals surface area contributed by atoms with Gasteiger partial charge in [0.05, 0.1) is 0 Å². The topological polar surface area (TPSA) is 84.9 Å². The molecule has 0 aliphatic carbocycles. The van der Waals surface area contributed by atoms with Crippen molar-refractivity contribution in [1.29, 1.82) is 0 Å². The van der Waals surface area contributed by atoms with E-state index in [9.17, 15) is 27.9 Å². The van der Waals surface area contributed by atoms with Gasteiger partial charge in [-0.15, -0.1) is 0 Å². The predicted octanol–water partition coefficient (Wildman–Crippen LogP) is -0.0232. The van der Waals surface area contributed by atoms with Crippen molar-refractivity contribution >= 4 is 12.3 Å². The molecule has 0 aromatic carbocycles. The number of hydrogen-bond acceptors (Lipinski definition) is 6. The van der Waals surface area contributed by atoms with E-state index in [1.807, 2.05) is 0 Å². The number of alkyl halides is 3. The molecule has 0 heterocycles. The maximum absolute atomic E-state index is 11.3. The first-order valence-corrected chi connectivity index (χ1v) is 2.60. The smallest absolute Gasteiger partial charge is 0.423 e. The summed E-state index contributed by atoms with van der Waals surface area (Å²) in [5.41, 5.74) is 0. The number of carboxylic acid groups (broad SMARTS) is 1. The van der Waals surface area contributed by atoms with Gasteiger partial charge in [-0.1, -0.05) is 0 Å². The van der Waals surface area contributed by atoms with Crippen molar-refractivity contribution in [2.24, 2.45) is 0 Å². The largest absolute Gasteiger partial charge is 0.537 e. The molecule has 6 nitrogen and oxygen atoms in total. The van der Waals surface area contributed by atoms with Gasteiger partial charge in [-0.25, -0.2) is 4.79 Å². The second kappa shape index (κ2) is 4.38. The van der Waals surface area contributed by atoms with Crippen LogP contribution in [-0.2, 0) is 14.5 Å². The first-order valence-electron chi connectivity index (χ1n) is 2.60. The van der Waals surface area contributed by atoms with Crippen LogP contribution in [0.5, 0.6) is 0 Å². The van der Waals surface area contributed by atoms with Crippen LogP contribution in [0.3, 0.4) is 0 Å². The lowest BCUT2D eigenvalue weighted by atomic mass is 10.7. The zero-order valence-electron chi connectivity index (χ0n) is 5.79. The maximum Gasteiger partial charge on any atom is 0.537 e. The zero-order valence-corrected chi connectivity index (χ0v) is 5.79. The van der Waals surface area contributed by atoms with Crippen LogP contribution in [-0.4, -0.2) is 25.1 Å². The van der Waals surface area contributed by atoms with Crippen LogP contribution in [0.15, 0.2) is 0 Å². The molecule has 0 saturated heterocycles. The Kier molecular flexibility index (Phi) is 3.82. The molecule has 76 valence electrons. The van der Waals surface area contributed by atoms with Gasteiger partial charge in [0, 0.05) is 0 Å². The van der Waals surface area contributed by atoms with Crippen LogP contribution >= 0.6 is 0 Å². The monoisotopic (exact) mass is 203 g/mol.